The zero-order valence-corrected chi connectivity index (χ0v) is 14.7. The summed E-state index contributed by atoms with van der Waals surface area (Å²) in [5.41, 5.74) is 4.52. The van der Waals surface area contributed by atoms with Gasteiger partial charge in [0.2, 0.25) is 0 Å². The highest BCUT2D eigenvalue weighted by Crippen LogP contribution is 2.19. The average molecular weight is 355 g/mol. The predicted molar refractivity (Wildman–Crippen MR) is 105 cm³/mol. The average Bonchev–Trinajstić information content (AvgIpc) is 3.15. The minimum atomic E-state index is -0.313. The van der Waals surface area contributed by atoms with Crippen LogP contribution < -0.4 is 5.32 Å². The van der Waals surface area contributed by atoms with E-state index in [4.69, 9.17) is 0 Å². The molecule has 0 saturated heterocycles. The van der Waals surface area contributed by atoms with Gasteiger partial charge >= 0.3 is 0 Å². The fraction of sp³-hybridized carbons (Fsp3) is 0.0455. The molecule has 0 atom stereocenters. The second-order valence-corrected chi connectivity index (χ2v) is 6.33. The quantitative estimate of drug-likeness (QED) is 0.534. The molecule has 1 aromatic heterocycles. The van der Waals surface area contributed by atoms with Gasteiger partial charge in [-0.2, -0.15) is 0 Å². The summed E-state index contributed by atoms with van der Waals surface area (Å²) in [6, 6.07) is 19.6. The van der Waals surface area contributed by atoms with E-state index in [1.54, 1.807) is 48.8 Å². The first-order valence-corrected chi connectivity index (χ1v) is 8.57. The second-order valence-electron chi connectivity index (χ2n) is 6.33. The topological polar surface area (TPSA) is 74.8 Å². The summed E-state index contributed by atoms with van der Waals surface area (Å²) >= 11 is 0. The van der Waals surface area contributed by atoms with Crippen molar-refractivity contribution in [2.45, 2.75) is 6.92 Å². The summed E-state index contributed by atoms with van der Waals surface area (Å²) in [5, 5.41) is 2.86. The largest absolute Gasteiger partial charge is 0.345 e. The van der Waals surface area contributed by atoms with Gasteiger partial charge in [-0.25, -0.2) is 4.98 Å². The Morgan fingerprint density at radius 1 is 0.926 bits per heavy atom. The lowest BCUT2D eigenvalue weighted by Gasteiger charge is -2.10. The summed E-state index contributed by atoms with van der Waals surface area (Å²) in [4.78, 5) is 33.0. The van der Waals surface area contributed by atoms with E-state index >= 15 is 0 Å². The Hall–Kier alpha value is -3.73. The van der Waals surface area contributed by atoms with E-state index in [2.05, 4.69) is 15.3 Å². The molecular weight excluding hydrogens is 338 g/mol. The number of carbonyl (C=O) groups excluding carboxylic acids is 2. The van der Waals surface area contributed by atoms with Crippen molar-refractivity contribution in [2.75, 3.05) is 5.32 Å². The Bertz CT molecular complexity index is 1160. The van der Waals surface area contributed by atoms with Crippen LogP contribution in [0.15, 0.2) is 73.1 Å². The molecule has 0 saturated carbocycles. The third kappa shape index (κ3) is 3.35. The fourth-order valence-electron chi connectivity index (χ4n) is 3.03. The van der Waals surface area contributed by atoms with Crippen molar-refractivity contribution < 1.29 is 9.59 Å². The molecule has 5 heteroatoms. The number of aromatic amines is 1. The van der Waals surface area contributed by atoms with Crippen molar-refractivity contribution in [2.24, 2.45) is 0 Å². The van der Waals surface area contributed by atoms with Crippen molar-refractivity contribution in [3.63, 3.8) is 0 Å². The molecule has 0 spiro atoms. The standard InChI is InChI=1S/C22H17N3O2/c1-14-5-4-6-16(11-14)25-22(27)18-8-3-2-7-17(18)21(26)15-9-10-19-20(12-15)24-13-23-19/h2-13H,1H3,(H,23,24)(H,25,27). The Morgan fingerprint density at radius 2 is 1.74 bits per heavy atom. The summed E-state index contributed by atoms with van der Waals surface area (Å²) in [6.07, 6.45) is 1.59. The van der Waals surface area contributed by atoms with Gasteiger partial charge < -0.3 is 10.3 Å². The molecule has 0 aliphatic carbocycles. The number of benzene rings is 3. The van der Waals surface area contributed by atoms with Gasteiger partial charge in [0.15, 0.2) is 5.78 Å². The van der Waals surface area contributed by atoms with E-state index in [0.29, 0.717) is 22.4 Å². The van der Waals surface area contributed by atoms with Gasteiger partial charge in [0, 0.05) is 16.8 Å². The number of fused-ring (bicyclic) bond motifs is 1. The van der Waals surface area contributed by atoms with E-state index in [9.17, 15) is 9.59 Å². The van der Waals surface area contributed by atoms with Crippen molar-refractivity contribution in [3.05, 3.63) is 95.3 Å². The van der Waals surface area contributed by atoms with Crippen LogP contribution in [0, 0.1) is 6.92 Å². The number of hydrogen-bond donors (Lipinski definition) is 2. The van der Waals surface area contributed by atoms with Crippen LogP contribution in [0.4, 0.5) is 5.69 Å². The number of H-pyrrole nitrogens is 1. The molecular formula is C22H17N3O2. The number of imidazole rings is 1. The number of nitrogens with zero attached hydrogens (tertiary/aromatic N) is 1. The first kappa shape index (κ1) is 16.7. The minimum absolute atomic E-state index is 0.207. The summed E-state index contributed by atoms with van der Waals surface area (Å²) in [7, 11) is 0. The monoisotopic (exact) mass is 355 g/mol. The van der Waals surface area contributed by atoms with Crippen LogP contribution in [0.1, 0.15) is 31.8 Å². The van der Waals surface area contributed by atoms with Crippen LogP contribution >= 0.6 is 0 Å². The third-order valence-corrected chi connectivity index (χ3v) is 4.37. The number of aromatic nitrogens is 2. The number of ketones is 1. The van der Waals surface area contributed by atoms with E-state index < -0.39 is 0 Å². The lowest BCUT2D eigenvalue weighted by molar-refractivity contribution is 0.0996. The molecule has 0 radical (unpaired) electrons. The number of hydrogen-bond acceptors (Lipinski definition) is 3. The molecule has 4 aromatic rings. The Balaban J connectivity index is 1.67. The maximum Gasteiger partial charge on any atom is 0.256 e. The molecule has 1 heterocycles. The van der Waals surface area contributed by atoms with E-state index in [1.807, 2.05) is 31.2 Å². The van der Waals surface area contributed by atoms with Gasteiger partial charge in [0.25, 0.3) is 5.91 Å². The van der Waals surface area contributed by atoms with Gasteiger partial charge in [0.1, 0.15) is 0 Å². The summed E-state index contributed by atoms with van der Waals surface area (Å²) in [6.45, 7) is 1.96. The lowest BCUT2D eigenvalue weighted by Crippen LogP contribution is -2.17. The van der Waals surface area contributed by atoms with E-state index in [-0.39, 0.29) is 11.7 Å². The molecule has 5 nitrogen and oxygen atoms in total. The maximum atomic E-state index is 13.0. The Morgan fingerprint density at radius 3 is 2.56 bits per heavy atom. The molecule has 3 aromatic carbocycles. The number of amides is 1. The number of nitrogens with one attached hydrogen (secondary N) is 2. The lowest BCUT2D eigenvalue weighted by atomic mass is 9.97. The molecule has 2 N–H and O–H groups in total. The van der Waals surface area contributed by atoms with Crippen LogP contribution in [0.2, 0.25) is 0 Å². The summed E-state index contributed by atoms with van der Waals surface area (Å²) < 4.78 is 0. The minimum Gasteiger partial charge on any atom is -0.345 e. The van der Waals surface area contributed by atoms with Crippen LogP contribution in [0.25, 0.3) is 11.0 Å². The van der Waals surface area contributed by atoms with Crippen molar-refractivity contribution in [3.8, 4) is 0 Å². The highest BCUT2D eigenvalue weighted by molar-refractivity contribution is 6.18. The van der Waals surface area contributed by atoms with Crippen molar-refractivity contribution in [1.29, 1.82) is 0 Å². The van der Waals surface area contributed by atoms with Crippen LogP contribution in [0.5, 0.6) is 0 Å². The molecule has 27 heavy (non-hydrogen) atoms. The molecule has 1 amide bonds. The molecule has 4 rings (SSSR count). The molecule has 0 bridgehead atoms. The molecule has 0 fully saturated rings. The Labute approximate surface area is 156 Å². The predicted octanol–water partition coefficient (Wildman–Crippen LogP) is 4.35. The second kappa shape index (κ2) is 6.88. The van der Waals surface area contributed by atoms with Crippen LogP contribution in [0.3, 0.4) is 0 Å². The Kier molecular flexibility index (Phi) is 4.26. The molecule has 0 aliphatic rings. The third-order valence-electron chi connectivity index (χ3n) is 4.37. The molecule has 0 unspecified atom stereocenters. The number of rotatable bonds is 4. The van der Waals surface area contributed by atoms with Gasteiger partial charge in [0.05, 0.1) is 22.9 Å². The normalized spacial score (nSPS) is 10.7. The highest BCUT2D eigenvalue weighted by Gasteiger charge is 2.18. The molecule has 132 valence electrons. The maximum absolute atomic E-state index is 13.0. The van der Waals surface area contributed by atoms with Gasteiger partial charge in [-0.3, -0.25) is 9.59 Å². The molecule has 0 aliphatic heterocycles. The first-order valence-electron chi connectivity index (χ1n) is 8.57. The van der Waals surface area contributed by atoms with Crippen LogP contribution in [-0.4, -0.2) is 21.7 Å². The van der Waals surface area contributed by atoms with Crippen molar-refractivity contribution in [1.82, 2.24) is 9.97 Å². The van der Waals surface area contributed by atoms with E-state index in [0.717, 1.165) is 16.6 Å². The number of carbonyl (C=O) groups is 2. The van der Waals surface area contributed by atoms with Gasteiger partial charge in [-0.1, -0.05) is 30.3 Å². The van der Waals surface area contributed by atoms with Gasteiger partial charge in [-0.05, 0) is 48.9 Å². The highest BCUT2D eigenvalue weighted by atomic mass is 16.2. The SMILES string of the molecule is Cc1cccc(NC(=O)c2ccccc2C(=O)c2ccc3nc[nH]c3c2)c1. The number of anilines is 1. The smallest absolute Gasteiger partial charge is 0.256 e. The van der Waals surface area contributed by atoms with Crippen molar-refractivity contribution >= 4 is 28.4 Å². The zero-order chi connectivity index (χ0) is 18.8. The number of aryl methyl sites for hydroxylation is 1. The van der Waals surface area contributed by atoms with Gasteiger partial charge in [-0.15, -0.1) is 0 Å². The fourth-order valence-corrected chi connectivity index (χ4v) is 3.03. The first-order chi connectivity index (χ1) is 13.1. The van der Waals surface area contributed by atoms with E-state index in [1.165, 1.54) is 0 Å². The van der Waals surface area contributed by atoms with Crippen LogP contribution in [-0.2, 0) is 0 Å². The zero-order valence-electron chi connectivity index (χ0n) is 14.7. The summed E-state index contributed by atoms with van der Waals surface area (Å²) in [5.74, 6) is -0.520.